The molecule has 2 heterocycles. The summed E-state index contributed by atoms with van der Waals surface area (Å²) in [5.41, 5.74) is 11.6. The summed E-state index contributed by atoms with van der Waals surface area (Å²) < 4.78 is 28.2. The lowest BCUT2D eigenvalue weighted by Gasteiger charge is -2.28. The Morgan fingerprint density at radius 2 is 2.17 bits per heavy atom. The maximum absolute atomic E-state index is 14.4. The average molecular weight is 402 g/mol. The molecule has 29 heavy (non-hydrogen) atoms. The number of hydrogen-bond donors (Lipinski definition) is 4. The monoisotopic (exact) mass is 402 g/mol. The van der Waals surface area contributed by atoms with Crippen LogP contribution in [0.5, 0.6) is 0 Å². The number of rotatable bonds is 8. The van der Waals surface area contributed by atoms with Gasteiger partial charge in [0.25, 0.3) is 0 Å². The van der Waals surface area contributed by atoms with Crippen molar-refractivity contribution in [1.82, 2.24) is 20.6 Å². The van der Waals surface area contributed by atoms with Crippen molar-refractivity contribution in [3.63, 3.8) is 0 Å². The first-order valence-corrected chi connectivity index (χ1v) is 9.60. The molecule has 6 nitrogen and oxygen atoms in total. The highest BCUT2D eigenvalue weighted by Gasteiger charge is 2.32. The molecule has 0 radical (unpaired) electrons. The smallest absolute Gasteiger partial charge is 0.217 e. The van der Waals surface area contributed by atoms with E-state index in [1.807, 2.05) is 36.2 Å². The van der Waals surface area contributed by atoms with Gasteiger partial charge in [-0.05, 0) is 24.2 Å². The highest BCUT2D eigenvalue weighted by Crippen LogP contribution is 2.28. The predicted octanol–water partition coefficient (Wildman–Crippen LogP) is 1.88. The minimum Gasteiger partial charge on any atom is -0.375 e. The maximum Gasteiger partial charge on any atom is 0.217 e. The number of halogens is 2. The Morgan fingerprint density at radius 3 is 2.79 bits per heavy atom. The summed E-state index contributed by atoms with van der Waals surface area (Å²) in [6.07, 6.45) is -0.513. The number of alkyl halides is 1. The molecule has 0 bridgehead atoms. The van der Waals surface area contributed by atoms with E-state index in [4.69, 9.17) is 11.6 Å². The third kappa shape index (κ3) is 4.97. The Labute approximate surface area is 170 Å². The van der Waals surface area contributed by atoms with Gasteiger partial charge in [-0.2, -0.15) is 4.39 Å². The molecular formula is C21H28F2N6. The number of likely N-dealkylation sites (tertiary alicyclic amines) is 1. The number of hydrazine groups is 1. The van der Waals surface area contributed by atoms with Gasteiger partial charge in [0.15, 0.2) is 0 Å². The third-order valence-electron chi connectivity index (χ3n) is 5.28. The largest absolute Gasteiger partial charge is 0.375 e. The highest BCUT2D eigenvalue weighted by atomic mass is 19.1. The van der Waals surface area contributed by atoms with Crippen molar-refractivity contribution in [3.05, 3.63) is 77.0 Å². The molecular weight excluding hydrogens is 374 g/mol. The minimum atomic E-state index is -0.889. The molecule has 3 rings (SSSR count). The molecule has 1 saturated heterocycles. The molecule has 156 valence electrons. The molecule has 1 unspecified atom stereocenters. The van der Waals surface area contributed by atoms with Crippen molar-refractivity contribution in [3.8, 4) is 0 Å². The van der Waals surface area contributed by atoms with Crippen LogP contribution >= 0.6 is 0 Å². The summed E-state index contributed by atoms with van der Waals surface area (Å²) in [7, 11) is 1.87. The fraction of sp³-hybridized carbons (Fsp3) is 0.381. The van der Waals surface area contributed by atoms with E-state index in [-0.39, 0.29) is 12.6 Å². The summed E-state index contributed by atoms with van der Waals surface area (Å²) in [5.74, 6) is 4.85. The van der Waals surface area contributed by atoms with Gasteiger partial charge in [0.1, 0.15) is 6.17 Å². The summed E-state index contributed by atoms with van der Waals surface area (Å²) in [6.45, 7) is 5.07. The fourth-order valence-electron chi connectivity index (χ4n) is 3.75. The van der Waals surface area contributed by atoms with E-state index in [1.165, 1.54) is 0 Å². The molecule has 1 aliphatic rings. The fourth-order valence-corrected chi connectivity index (χ4v) is 3.75. The van der Waals surface area contributed by atoms with Crippen LogP contribution in [0.1, 0.15) is 34.8 Å². The Kier molecular flexibility index (Phi) is 6.92. The van der Waals surface area contributed by atoms with Crippen LogP contribution in [0.4, 0.5) is 8.78 Å². The third-order valence-corrected chi connectivity index (χ3v) is 5.28. The van der Waals surface area contributed by atoms with E-state index >= 15 is 0 Å². The highest BCUT2D eigenvalue weighted by molar-refractivity contribution is 5.34. The number of nitrogens with two attached hydrogens (primary N) is 2. The number of hydrogen-bond acceptors (Lipinski definition) is 6. The summed E-state index contributed by atoms with van der Waals surface area (Å²) in [5, 5.41) is 3.36. The second-order valence-corrected chi connectivity index (χ2v) is 7.41. The van der Waals surface area contributed by atoms with E-state index in [0.717, 1.165) is 11.1 Å². The van der Waals surface area contributed by atoms with E-state index in [1.54, 1.807) is 12.1 Å². The molecule has 3 atom stereocenters. The van der Waals surface area contributed by atoms with Crippen LogP contribution in [0.2, 0.25) is 0 Å². The predicted molar refractivity (Wildman–Crippen MR) is 110 cm³/mol. The van der Waals surface area contributed by atoms with Gasteiger partial charge in [0, 0.05) is 37.3 Å². The first kappa shape index (κ1) is 21.3. The number of nitrogens with one attached hydrogen (secondary N) is 2. The molecule has 1 aromatic heterocycles. The Balaban J connectivity index is 1.94. The molecule has 1 fully saturated rings. The molecule has 1 aromatic carbocycles. The van der Waals surface area contributed by atoms with Crippen molar-refractivity contribution >= 4 is 0 Å². The van der Waals surface area contributed by atoms with Gasteiger partial charge < -0.3 is 11.1 Å². The lowest BCUT2D eigenvalue weighted by molar-refractivity contribution is 0.304. The van der Waals surface area contributed by atoms with Crippen LogP contribution in [0.15, 0.2) is 48.7 Å². The second kappa shape index (κ2) is 9.41. The zero-order valence-electron chi connectivity index (χ0n) is 16.5. The Hall–Kier alpha value is -2.39. The van der Waals surface area contributed by atoms with E-state index < -0.39 is 18.2 Å². The van der Waals surface area contributed by atoms with Crippen molar-refractivity contribution < 1.29 is 8.78 Å². The van der Waals surface area contributed by atoms with Crippen molar-refractivity contribution in [2.45, 2.75) is 37.8 Å². The summed E-state index contributed by atoms with van der Waals surface area (Å²) >= 11 is 0. The topological polar surface area (TPSA) is 92.2 Å². The molecule has 0 amide bonds. The van der Waals surface area contributed by atoms with Crippen molar-refractivity contribution in [2.24, 2.45) is 11.6 Å². The normalized spacial score (nSPS) is 20.6. The lowest BCUT2D eigenvalue weighted by atomic mass is 9.99. The van der Waals surface area contributed by atoms with Gasteiger partial charge in [-0.1, -0.05) is 36.9 Å². The zero-order valence-corrected chi connectivity index (χ0v) is 16.5. The number of likely N-dealkylation sites (N-methyl/N-ethyl adjacent to an activating group) is 1. The lowest BCUT2D eigenvalue weighted by Crippen LogP contribution is -2.35. The Bertz CT molecular complexity index is 859. The van der Waals surface area contributed by atoms with Crippen molar-refractivity contribution in [1.29, 1.82) is 0 Å². The van der Waals surface area contributed by atoms with E-state index in [2.05, 4.69) is 22.3 Å². The van der Waals surface area contributed by atoms with Crippen LogP contribution in [0.25, 0.3) is 0 Å². The number of nitrogens with zero attached hydrogens (tertiary/aromatic N) is 2. The molecule has 0 aliphatic carbocycles. The minimum absolute atomic E-state index is 0.0757. The molecule has 2 aromatic rings. The standard InChI is InChI=1S/C21H28F2N6/c1-13(19-9-17(22)12-29(19)2)27-20(15-5-3-4-14(8-15)11-26-25)18-7-6-16(10-24)21(23)28-18/h3-8,17,19-20,26-27H,1,9-12,24-25H2,2H3/t17-,19?,20+/m1/s1. The van der Waals surface area contributed by atoms with Crippen LogP contribution < -0.4 is 22.3 Å². The van der Waals surface area contributed by atoms with Gasteiger partial charge >= 0.3 is 0 Å². The molecule has 6 N–H and O–H groups in total. The molecule has 0 saturated carbocycles. The number of benzene rings is 1. The zero-order chi connectivity index (χ0) is 21.0. The van der Waals surface area contributed by atoms with Gasteiger partial charge in [0.2, 0.25) is 5.95 Å². The van der Waals surface area contributed by atoms with Crippen LogP contribution in [-0.2, 0) is 13.1 Å². The quantitative estimate of drug-likeness (QED) is 0.306. The average Bonchev–Trinajstić information content (AvgIpc) is 3.04. The molecule has 0 spiro atoms. The second-order valence-electron chi connectivity index (χ2n) is 7.41. The van der Waals surface area contributed by atoms with Crippen molar-refractivity contribution in [2.75, 3.05) is 13.6 Å². The Morgan fingerprint density at radius 1 is 1.38 bits per heavy atom. The summed E-state index contributed by atoms with van der Waals surface area (Å²) in [4.78, 5) is 6.06. The maximum atomic E-state index is 14.4. The number of aromatic nitrogens is 1. The van der Waals surface area contributed by atoms with E-state index in [0.29, 0.717) is 36.5 Å². The number of pyridine rings is 1. The van der Waals surface area contributed by atoms with E-state index in [9.17, 15) is 8.78 Å². The molecule has 1 aliphatic heterocycles. The van der Waals surface area contributed by atoms with Crippen LogP contribution in [0.3, 0.4) is 0 Å². The van der Waals surface area contributed by atoms with Crippen LogP contribution in [0, 0.1) is 5.95 Å². The summed E-state index contributed by atoms with van der Waals surface area (Å²) in [6, 6.07) is 10.5. The van der Waals surface area contributed by atoms with Gasteiger partial charge in [0.05, 0.1) is 17.8 Å². The first-order chi connectivity index (χ1) is 13.9. The SMILES string of the molecule is C=C(N[C@@H](c1cccc(CNN)c1)c1ccc(CN)c(F)n1)C1C[C@@H](F)CN1C. The molecule has 8 heteroatoms. The van der Waals surface area contributed by atoms with Gasteiger partial charge in [-0.15, -0.1) is 0 Å². The van der Waals surface area contributed by atoms with Gasteiger partial charge in [-0.3, -0.25) is 16.2 Å². The van der Waals surface area contributed by atoms with Gasteiger partial charge in [-0.25, -0.2) is 9.37 Å². The van der Waals surface area contributed by atoms with Crippen LogP contribution in [-0.4, -0.2) is 35.7 Å². The first-order valence-electron chi connectivity index (χ1n) is 9.60.